The van der Waals surface area contributed by atoms with Crippen molar-refractivity contribution in [1.82, 2.24) is 0 Å². The van der Waals surface area contributed by atoms with Gasteiger partial charge in [0.1, 0.15) is 0 Å². The molecule has 2 atom stereocenters. The molecule has 0 spiro atoms. The van der Waals surface area contributed by atoms with Crippen LogP contribution in [0.25, 0.3) is 34.4 Å². The summed E-state index contributed by atoms with van der Waals surface area (Å²) in [6.45, 7) is 14.6. The van der Waals surface area contributed by atoms with Crippen molar-refractivity contribution in [2.24, 2.45) is 0 Å². The number of hydrogen-bond acceptors (Lipinski definition) is 0. The van der Waals surface area contributed by atoms with Gasteiger partial charge in [0, 0.05) is 0 Å². The molecule has 0 aliphatic heterocycles. The first-order valence-corrected chi connectivity index (χ1v) is 35.4. The number of hydrogen-bond donors (Lipinski definition) is 0. The third-order valence-electron chi connectivity index (χ3n) is 10.9. The van der Waals surface area contributed by atoms with Crippen molar-refractivity contribution in [3.05, 3.63) is 129 Å². The predicted molar refractivity (Wildman–Crippen MR) is 177 cm³/mol. The summed E-state index contributed by atoms with van der Waals surface area (Å²) >= 11 is -3.75. The Balaban J connectivity index is 1.54. The van der Waals surface area contributed by atoms with Gasteiger partial charge in [-0.1, -0.05) is 0 Å². The molecular weight excluding hydrogens is 663 g/mol. The van der Waals surface area contributed by atoms with Gasteiger partial charge in [0.25, 0.3) is 0 Å². The number of rotatable bonds is 5. The Morgan fingerprint density at radius 1 is 0.525 bits per heavy atom. The molecule has 2 heteroatoms. The van der Waals surface area contributed by atoms with E-state index in [1.807, 2.05) is 0 Å². The first-order valence-electron chi connectivity index (χ1n) is 15.0. The minimum absolute atomic E-state index is 0.589. The molecule has 0 nitrogen and oxygen atoms in total. The van der Waals surface area contributed by atoms with Crippen LogP contribution < -0.4 is 0 Å². The Hall–Kier alpha value is -2.55. The zero-order valence-corrected chi connectivity index (χ0v) is 30.2. The fourth-order valence-electron chi connectivity index (χ4n) is 8.32. The summed E-state index contributed by atoms with van der Waals surface area (Å²) in [5, 5.41) is 0. The van der Waals surface area contributed by atoms with Crippen molar-refractivity contribution in [2.75, 3.05) is 0 Å². The van der Waals surface area contributed by atoms with Gasteiger partial charge in [0.15, 0.2) is 0 Å². The molecule has 2 aliphatic carbocycles. The van der Waals surface area contributed by atoms with Gasteiger partial charge in [-0.15, -0.1) is 0 Å². The van der Waals surface area contributed by atoms with Gasteiger partial charge < -0.3 is 0 Å². The first kappa shape index (κ1) is 27.6. The molecule has 0 fully saturated rings. The molecule has 0 radical (unpaired) electrons. The molecule has 0 bridgehead atoms. The third kappa shape index (κ3) is 4.09. The first-order chi connectivity index (χ1) is 19.0. The summed E-state index contributed by atoms with van der Waals surface area (Å²) in [7, 11) is 0. The van der Waals surface area contributed by atoms with Crippen LogP contribution in [0.1, 0.15) is 54.6 Å². The third-order valence-corrected chi connectivity index (χ3v) is 77.9. The maximum absolute atomic E-state index is 3.75. The second-order valence-electron chi connectivity index (χ2n) is 13.9. The average Bonchev–Trinajstić information content (AvgIpc) is 3.46. The van der Waals surface area contributed by atoms with Crippen LogP contribution in [0.2, 0.25) is 22.5 Å². The van der Waals surface area contributed by atoms with Gasteiger partial charge in [0.2, 0.25) is 0 Å². The van der Waals surface area contributed by atoms with Crippen molar-refractivity contribution in [2.45, 2.75) is 57.5 Å². The Labute approximate surface area is 243 Å². The van der Waals surface area contributed by atoms with Gasteiger partial charge in [-0.25, -0.2) is 0 Å². The second kappa shape index (κ2) is 9.77. The molecule has 2 aliphatic rings. The van der Waals surface area contributed by atoms with Crippen LogP contribution >= 0.6 is 0 Å². The number of allylic oxidation sites excluding steroid dienone is 2. The van der Waals surface area contributed by atoms with Crippen LogP contribution in [0.5, 0.6) is 0 Å². The van der Waals surface area contributed by atoms with E-state index in [-0.39, 0.29) is 0 Å². The molecule has 0 saturated heterocycles. The normalized spacial score (nSPS) is 19.1. The van der Waals surface area contributed by atoms with Crippen LogP contribution in [-0.2, 0) is 17.7 Å². The fourth-order valence-corrected chi connectivity index (χ4v) is 52.2. The van der Waals surface area contributed by atoms with Gasteiger partial charge in [-0.3, -0.25) is 0 Å². The van der Waals surface area contributed by atoms with E-state index < -0.39 is 23.7 Å². The standard InChI is InChI=1S/2C17H15.C2H7Si.2CH3.Hf/c2*1-12-6-8-14(9-7-12)16-5-3-4-15-10-13(2)11-17(15)16;1-3-2;;;/h2*3-11H,1-2H3;3H,1-2H3;2*1H3;. The Kier molecular flexibility index (Phi) is 6.75. The SMILES string of the molecule is CC1=Cc2c(-c3ccc(C)cc3)cccc2[CH]1[Hf]([CH3])([CH3])([CH]1C(C)=Cc2c(-c3ccc(C)cc3)cccc21)[SiH](C)C. The molecule has 0 heterocycles. The van der Waals surface area contributed by atoms with E-state index in [0.29, 0.717) is 7.35 Å². The minimum atomic E-state index is -3.75. The van der Waals surface area contributed by atoms with E-state index in [4.69, 9.17) is 0 Å². The molecule has 0 amide bonds. The Bertz CT molecular complexity index is 1560. The van der Waals surface area contributed by atoms with Crippen molar-refractivity contribution in [3.63, 3.8) is 0 Å². The molecule has 203 valence electrons. The van der Waals surface area contributed by atoms with Gasteiger partial charge in [-0.05, 0) is 0 Å². The van der Waals surface area contributed by atoms with E-state index in [0.717, 1.165) is 0 Å². The summed E-state index contributed by atoms with van der Waals surface area (Å²) in [6.07, 6.45) is 5.12. The van der Waals surface area contributed by atoms with Crippen LogP contribution in [0.3, 0.4) is 0 Å². The van der Waals surface area contributed by atoms with Crippen molar-refractivity contribution in [1.29, 1.82) is 0 Å². The monoisotopic (exact) mass is 707 g/mol. The van der Waals surface area contributed by atoms with E-state index in [1.165, 1.54) is 44.5 Å². The second-order valence-corrected chi connectivity index (χ2v) is 67.3. The number of aryl methyl sites for hydroxylation is 2. The van der Waals surface area contributed by atoms with E-state index >= 15 is 0 Å². The number of benzene rings is 4. The summed E-state index contributed by atoms with van der Waals surface area (Å²) in [5.74, 6) is -1.07. The van der Waals surface area contributed by atoms with E-state index in [2.05, 4.69) is 147 Å². The molecule has 2 unspecified atom stereocenters. The molecule has 40 heavy (non-hydrogen) atoms. The molecule has 0 aromatic heterocycles. The summed E-state index contributed by atoms with van der Waals surface area (Å²) in [6, 6.07) is 32.5. The predicted octanol–water partition coefficient (Wildman–Crippen LogP) is 11.0. The quantitative estimate of drug-likeness (QED) is 0.181. The fraction of sp³-hybridized carbons (Fsp3) is 0.263. The van der Waals surface area contributed by atoms with Crippen LogP contribution in [0, 0.1) is 13.8 Å². The van der Waals surface area contributed by atoms with E-state index in [9.17, 15) is 0 Å². The summed E-state index contributed by atoms with van der Waals surface area (Å²) < 4.78 is 6.90. The van der Waals surface area contributed by atoms with Gasteiger partial charge in [0.05, 0.1) is 0 Å². The summed E-state index contributed by atoms with van der Waals surface area (Å²) in [5.41, 5.74) is 17.5. The molecule has 4 aromatic rings. The number of fused-ring (bicyclic) bond motifs is 2. The van der Waals surface area contributed by atoms with Crippen LogP contribution in [-0.4, -0.2) is 5.98 Å². The molecule has 0 saturated carbocycles. The van der Waals surface area contributed by atoms with Gasteiger partial charge >= 0.3 is 245 Å². The molecular formula is C38H43HfSi. The zero-order chi connectivity index (χ0) is 28.4. The van der Waals surface area contributed by atoms with Crippen LogP contribution in [0.4, 0.5) is 0 Å². The summed E-state index contributed by atoms with van der Waals surface area (Å²) in [4.78, 5) is 0. The van der Waals surface area contributed by atoms with Crippen molar-refractivity contribution in [3.8, 4) is 22.3 Å². The van der Waals surface area contributed by atoms with E-state index in [1.54, 1.807) is 22.3 Å². The van der Waals surface area contributed by atoms with Crippen molar-refractivity contribution < 1.29 is 17.7 Å². The molecule has 0 N–H and O–H groups in total. The molecule has 6 rings (SSSR count). The Morgan fingerprint density at radius 3 is 1.25 bits per heavy atom. The maximum atomic E-state index is 2.86. The van der Waals surface area contributed by atoms with Gasteiger partial charge in [-0.2, -0.15) is 0 Å². The zero-order valence-electron chi connectivity index (χ0n) is 25.5. The Morgan fingerprint density at radius 2 is 0.900 bits per heavy atom. The van der Waals surface area contributed by atoms with Crippen LogP contribution in [0.15, 0.2) is 96.1 Å². The average molecular weight is 706 g/mol. The molecule has 4 aromatic carbocycles. The topological polar surface area (TPSA) is 0 Å². The van der Waals surface area contributed by atoms with Crippen molar-refractivity contribution >= 4 is 18.1 Å².